The predicted octanol–water partition coefficient (Wildman–Crippen LogP) is 2.16. The van der Waals surface area contributed by atoms with Crippen molar-refractivity contribution >= 4 is 29.1 Å². The Morgan fingerprint density at radius 2 is 2.04 bits per heavy atom. The number of nitrogens with one attached hydrogen (secondary N) is 1. The Kier molecular flexibility index (Phi) is 6.51. The maximum absolute atomic E-state index is 12.7. The van der Waals surface area contributed by atoms with Gasteiger partial charge in [-0.1, -0.05) is 17.7 Å². The molecule has 2 heterocycles. The fourth-order valence-electron chi connectivity index (χ4n) is 3.58. The second kappa shape index (κ2) is 8.84. The molecule has 6 nitrogen and oxygen atoms in total. The third kappa shape index (κ3) is 4.75. The van der Waals surface area contributed by atoms with Crippen LogP contribution < -0.4 is 5.32 Å². The molecule has 2 saturated heterocycles. The van der Waals surface area contributed by atoms with Crippen LogP contribution in [-0.4, -0.2) is 67.6 Å². The van der Waals surface area contributed by atoms with E-state index in [1.807, 2.05) is 24.0 Å². The van der Waals surface area contributed by atoms with E-state index in [1.165, 1.54) is 0 Å². The Morgan fingerprint density at radius 1 is 1.27 bits per heavy atom. The summed E-state index contributed by atoms with van der Waals surface area (Å²) in [6, 6.07) is 5.47. The van der Waals surface area contributed by atoms with Gasteiger partial charge < -0.3 is 15.0 Å². The van der Waals surface area contributed by atoms with E-state index in [9.17, 15) is 9.59 Å². The lowest BCUT2D eigenvalue weighted by atomic mass is 9.96. The van der Waals surface area contributed by atoms with Crippen LogP contribution in [0.1, 0.15) is 18.4 Å². The van der Waals surface area contributed by atoms with Crippen LogP contribution in [0, 0.1) is 12.8 Å². The minimum absolute atomic E-state index is 0.0254. The SMILES string of the molecule is Cc1c(Cl)cccc1NC(=O)CN1CCCC(C(=O)N2CCOCC2)C1. The highest BCUT2D eigenvalue weighted by atomic mass is 35.5. The van der Waals surface area contributed by atoms with Crippen LogP contribution in [0.5, 0.6) is 0 Å². The molecule has 3 rings (SSSR count). The summed E-state index contributed by atoms with van der Waals surface area (Å²) in [5, 5.41) is 3.56. The first-order valence-corrected chi connectivity index (χ1v) is 9.56. The van der Waals surface area contributed by atoms with Gasteiger partial charge in [-0.05, 0) is 44.0 Å². The highest BCUT2D eigenvalue weighted by molar-refractivity contribution is 6.31. The summed E-state index contributed by atoms with van der Waals surface area (Å²) in [4.78, 5) is 29.1. The summed E-state index contributed by atoms with van der Waals surface area (Å²) in [6.07, 6.45) is 1.83. The molecule has 2 aliphatic rings. The minimum atomic E-state index is -0.0742. The number of carbonyl (C=O) groups is 2. The predicted molar refractivity (Wildman–Crippen MR) is 101 cm³/mol. The van der Waals surface area contributed by atoms with Gasteiger partial charge in [-0.25, -0.2) is 0 Å². The molecule has 2 fully saturated rings. The van der Waals surface area contributed by atoms with Crippen molar-refractivity contribution in [2.24, 2.45) is 5.92 Å². The average Bonchev–Trinajstić information content (AvgIpc) is 2.66. The topological polar surface area (TPSA) is 61.9 Å². The number of halogens is 1. The molecule has 1 atom stereocenters. The van der Waals surface area contributed by atoms with Crippen molar-refractivity contribution in [3.8, 4) is 0 Å². The number of carbonyl (C=O) groups excluding carboxylic acids is 2. The van der Waals surface area contributed by atoms with E-state index in [2.05, 4.69) is 10.2 Å². The van der Waals surface area contributed by atoms with Gasteiger partial charge in [0.25, 0.3) is 0 Å². The second-order valence-electron chi connectivity index (χ2n) is 6.97. The molecule has 0 saturated carbocycles. The molecule has 0 radical (unpaired) electrons. The van der Waals surface area contributed by atoms with Crippen LogP contribution >= 0.6 is 11.6 Å². The molecule has 1 unspecified atom stereocenters. The molecule has 142 valence electrons. The van der Waals surface area contributed by atoms with Gasteiger partial charge in [0.15, 0.2) is 0 Å². The van der Waals surface area contributed by atoms with E-state index < -0.39 is 0 Å². The summed E-state index contributed by atoms with van der Waals surface area (Å²) in [5.74, 6) is 0.0986. The van der Waals surface area contributed by atoms with Gasteiger partial charge in [0, 0.05) is 30.3 Å². The number of morpholine rings is 1. The molecule has 1 N–H and O–H groups in total. The van der Waals surface area contributed by atoms with E-state index in [0.717, 1.165) is 30.6 Å². The molecular formula is C19H26ClN3O3. The standard InChI is InChI=1S/C19H26ClN3O3/c1-14-16(20)5-2-6-17(14)21-18(24)13-22-7-3-4-15(12-22)19(25)23-8-10-26-11-9-23/h2,5-6,15H,3-4,7-13H2,1H3,(H,21,24). The summed E-state index contributed by atoms with van der Waals surface area (Å²) in [5.41, 5.74) is 1.60. The molecular weight excluding hydrogens is 354 g/mol. The molecule has 2 amide bonds. The smallest absolute Gasteiger partial charge is 0.238 e. The molecule has 0 bridgehead atoms. The van der Waals surface area contributed by atoms with Crippen molar-refractivity contribution in [1.82, 2.24) is 9.80 Å². The van der Waals surface area contributed by atoms with Crippen molar-refractivity contribution in [2.75, 3.05) is 51.3 Å². The Hall–Kier alpha value is -1.63. The second-order valence-corrected chi connectivity index (χ2v) is 7.38. The molecule has 1 aromatic carbocycles. The zero-order valence-electron chi connectivity index (χ0n) is 15.2. The highest BCUT2D eigenvalue weighted by Crippen LogP contribution is 2.23. The van der Waals surface area contributed by atoms with Crippen molar-refractivity contribution in [3.63, 3.8) is 0 Å². The lowest BCUT2D eigenvalue weighted by Gasteiger charge is -2.35. The maximum Gasteiger partial charge on any atom is 0.238 e. The summed E-state index contributed by atoms with van der Waals surface area (Å²) in [7, 11) is 0. The van der Waals surface area contributed by atoms with Gasteiger partial charge in [0.2, 0.25) is 11.8 Å². The lowest BCUT2D eigenvalue weighted by molar-refractivity contribution is -0.141. The van der Waals surface area contributed by atoms with Crippen LogP contribution in [0.3, 0.4) is 0 Å². The van der Waals surface area contributed by atoms with E-state index in [4.69, 9.17) is 16.3 Å². The van der Waals surface area contributed by atoms with E-state index in [0.29, 0.717) is 44.4 Å². The zero-order chi connectivity index (χ0) is 18.5. The van der Waals surface area contributed by atoms with Gasteiger partial charge >= 0.3 is 0 Å². The number of hydrogen-bond donors (Lipinski definition) is 1. The first kappa shape index (κ1) is 19.1. The van der Waals surface area contributed by atoms with E-state index >= 15 is 0 Å². The Labute approximate surface area is 159 Å². The molecule has 0 aromatic heterocycles. The van der Waals surface area contributed by atoms with Crippen molar-refractivity contribution < 1.29 is 14.3 Å². The number of amides is 2. The van der Waals surface area contributed by atoms with Gasteiger partial charge in [0.1, 0.15) is 0 Å². The quantitative estimate of drug-likeness (QED) is 0.870. The normalized spacial score (nSPS) is 21.5. The highest BCUT2D eigenvalue weighted by Gasteiger charge is 2.30. The molecule has 1 aromatic rings. The van der Waals surface area contributed by atoms with Crippen molar-refractivity contribution in [1.29, 1.82) is 0 Å². The van der Waals surface area contributed by atoms with Crippen LogP contribution in [0.2, 0.25) is 5.02 Å². The third-order valence-corrected chi connectivity index (χ3v) is 5.50. The number of benzene rings is 1. The Balaban J connectivity index is 1.53. The number of anilines is 1. The molecule has 0 aliphatic carbocycles. The van der Waals surface area contributed by atoms with Crippen LogP contribution in [0.4, 0.5) is 5.69 Å². The van der Waals surface area contributed by atoms with E-state index in [1.54, 1.807) is 6.07 Å². The van der Waals surface area contributed by atoms with E-state index in [-0.39, 0.29) is 17.7 Å². The number of nitrogens with zero attached hydrogens (tertiary/aromatic N) is 2. The fraction of sp³-hybridized carbons (Fsp3) is 0.579. The van der Waals surface area contributed by atoms with Crippen LogP contribution in [0.15, 0.2) is 18.2 Å². The van der Waals surface area contributed by atoms with Crippen molar-refractivity contribution in [2.45, 2.75) is 19.8 Å². The number of likely N-dealkylation sites (tertiary alicyclic amines) is 1. The van der Waals surface area contributed by atoms with Crippen LogP contribution in [0.25, 0.3) is 0 Å². The lowest BCUT2D eigenvalue weighted by Crippen LogP contribution is -2.49. The number of rotatable bonds is 4. The summed E-state index contributed by atoms with van der Waals surface area (Å²) < 4.78 is 5.32. The number of ether oxygens (including phenoxy) is 1. The zero-order valence-corrected chi connectivity index (χ0v) is 15.9. The summed E-state index contributed by atoms with van der Waals surface area (Å²) >= 11 is 6.10. The average molecular weight is 380 g/mol. The monoisotopic (exact) mass is 379 g/mol. The molecule has 0 spiro atoms. The maximum atomic E-state index is 12.7. The van der Waals surface area contributed by atoms with Gasteiger partial charge in [0.05, 0.1) is 25.7 Å². The molecule has 2 aliphatic heterocycles. The number of hydrogen-bond acceptors (Lipinski definition) is 4. The van der Waals surface area contributed by atoms with Gasteiger partial charge in [-0.3, -0.25) is 14.5 Å². The molecule has 26 heavy (non-hydrogen) atoms. The first-order chi connectivity index (χ1) is 12.5. The van der Waals surface area contributed by atoms with Gasteiger partial charge in [-0.15, -0.1) is 0 Å². The Bertz CT molecular complexity index is 661. The minimum Gasteiger partial charge on any atom is -0.378 e. The van der Waals surface area contributed by atoms with Gasteiger partial charge in [-0.2, -0.15) is 0 Å². The third-order valence-electron chi connectivity index (χ3n) is 5.09. The summed E-state index contributed by atoms with van der Waals surface area (Å²) in [6.45, 7) is 6.22. The largest absolute Gasteiger partial charge is 0.378 e. The molecule has 7 heteroatoms. The number of piperidine rings is 1. The fourth-order valence-corrected chi connectivity index (χ4v) is 3.75. The first-order valence-electron chi connectivity index (χ1n) is 9.18. The van der Waals surface area contributed by atoms with Crippen molar-refractivity contribution in [3.05, 3.63) is 28.8 Å². The Morgan fingerprint density at radius 3 is 2.81 bits per heavy atom. The van der Waals surface area contributed by atoms with Crippen LogP contribution in [-0.2, 0) is 14.3 Å².